The van der Waals surface area contributed by atoms with Crippen LogP contribution in [0, 0.1) is 0 Å². The molecule has 2 aromatic rings. The van der Waals surface area contributed by atoms with E-state index in [1.54, 1.807) is 12.1 Å². The van der Waals surface area contributed by atoms with E-state index in [0.29, 0.717) is 26.2 Å². The minimum absolute atomic E-state index is 0.0625. The summed E-state index contributed by atoms with van der Waals surface area (Å²) in [5.41, 5.74) is 6.43. The van der Waals surface area contributed by atoms with E-state index in [1.807, 2.05) is 0 Å². The molecule has 0 fully saturated rings. The van der Waals surface area contributed by atoms with Gasteiger partial charge in [-0.2, -0.15) is 0 Å². The van der Waals surface area contributed by atoms with Crippen LogP contribution in [0.15, 0.2) is 44.3 Å². The zero-order chi connectivity index (χ0) is 15.6. The average Bonchev–Trinajstić information content (AvgIpc) is 2.37. The van der Waals surface area contributed by atoms with Gasteiger partial charge >= 0.3 is 0 Å². The molecule has 0 radical (unpaired) electrons. The minimum Gasteiger partial charge on any atom is -0.481 e. The van der Waals surface area contributed by atoms with Gasteiger partial charge in [0, 0.05) is 20.7 Å². The summed E-state index contributed by atoms with van der Waals surface area (Å²) in [7, 11) is -2.31. The summed E-state index contributed by atoms with van der Waals surface area (Å²) in [6.07, 6.45) is 1.37. The molecule has 0 spiro atoms. The molecule has 6 nitrogen and oxygen atoms in total. The Bertz CT molecular complexity index is 741. The van der Waals surface area contributed by atoms with E-state index in [0.717, 1.165) is 0 Å². The van der Waals surface area contributed by atoms with Gasteiger partial charge in [0.1, 0.15) is 4.90 Å². The Morgan fingerprint density at radius 2 is 1.86 bits per heavy atom. The third-order valence-corrected chi connectivity index (χ3v) is 5.74. The van der Waals surface area contributed by atoms with Crippen LogP contribution < -0.4 is 15.2 Å². The number of nitrogens with zero attached hydrogens (tertiary/aromatic N) is 1. The highest BCUT2D eigenvalue weighted by Gasteiger charge is 2.22. The first-order valence-corrected chi connectivity index (χ1v) is 8.68. The van der Waals surface area contributed by atoms with Crippen LogP contribution in [0.4, 0.5) is 11.4 Å². The highest BCUT2D eigenvalue weighted by molar-refractivity contribution is 9.11. The van der Waals surface area contributed by atoms with Crippen LogP contribution in [0.2, 0.25) is 0 Å². The normalized spacial score (nSPS) is 11.2. The standard InChI is InChI=1S/C12H11Br2N3O3S/c1-20-11-3-2-8(6-16-11)17-21(18,19)12-9(13)4-7(15)5-10(12)14/h2-6,17H,15H2,1H3. The highest BCUT2D eigenvalue weighted by Crippen LogP contribution is 2.33. The van der Waals surface area contributed by atoms with Crippen molar-refractivity contribution < 1.29 is 13.2 Å². The van der Waals surface area contributed by atoms with Crippen LogP contribution in [0.3, 0.4) is 0 Å². The number of benzene rings is 1. The van der Waals surface area contributed by atoms with Gasteiger partial charge in [0.05, 0.1) is 19.0 Å². The number of ether oxygens (including phenoxy) is 1. The lowest BCUT2D eigenvalue weighted by Crippen LogP contribution is -2.14. The maximum atomic E-state index is 12.4. The molecule has 2 rings (SSSR count). The first-order chi connectivity index (χ1) is 9.83. The summed E-state index contributed by atoms with van der Waals surface area (Å²) in [5.74, 6) is 0.396. The van der Waals surface area contributed by atoms with Crippen LogP contribution in [0.5, 0.6) is 5.88 Å². The van der Waals surface area contributed by atoms with Gasteiger partial charge in [-0.25, -0.2) is 13.4 Å². The highest BCUT2D eigenvalue weighted by atomic mass is 79.9. The average molecular weight is 437 g/mol. The Kier molecular flexibility index (Phi) is 4.74. The Hall–Kier alpha value is -1.32. The molecule has 9 heteroatoms. The van der Waals surface area contributed by atoms with E-state index in [-0.39, 0.29) is 4.90 Å². The second kappa shape index (κ2) is 6.20. The molecule has 0 aliphatic heterocycles. The molecule has 1 aromatic heterocycles. The van der Waals surface area contributed by atoms with E-state index in [4.69, 9.17) is 10.5 Å². The Morgan fingerprint density at radius 3 is 2.33 bits per heavy atom. The van der Waals surface area contributed by atoms with Crippen LogP contribution >= 0.6 is 31.9 Å². The molecule has 0 atom stereocenters. The Balaban J connectivity index is 2.38. The van der Waals surface area contributed by atoms with Crippen LogP contribution in [-0.4, -0.2) is 20.5 Å². The van der Waals surface area contributed by atoms with Crippen molar-refractivity contribution in [2.45, 2.75) is 4.90 Å². The molecule has 112 valence electrons. The molecule has 0 aliphatic rings. The van der Waals surface area contributed by atoms with E-state index >= 15 is 0 Å². The number of pyridine rings is 1. The predicted molar refractivity (Wildman–Crippen MR) is 87.9 cm³/mol. The number of hydrogen-bond acceptors (Lipinski definition) is 5. The lowest BCUT2D eigenvalue weighted by Gasteiger charge is -2.12. The summed E-state index contributed by atoms with van der Waals surface area (Å²) < 4.78 is 33.0. The molecule has 3 N–H and O–H groups in total. The summed E-state index contributed by atoms with van der Waals surface area (Å²) in [6.45, 7) is 0. The molecule has 0 amide bonds. The molecule has 0 saturated heterocycles. The van der Waals surface area contributed by atoms with Crippen LogP contribution in [-0.2, 0) is 10.0 Å². The maximum absolute atomic E-state index is 12.4. The Labute approximate surface area is 139 Å². The van der Waals surface area contributed by atoms with Gasteiger partial charge < -0.3 is 10.5 Å². The largest absolute Gasteiger partial charge is 0.481 e. The number of sulfonamides is 1. The molecular weight excluding hydrogens is 426 g/mol. The second-order valence-electron chi connectivity index (χ2n) is 4.01. The van der Waals surface area contributed by atoms with Crippen molar-refractivity contribution in [1.82, 2.24) is 4.98 Å². The van der Waals surface area contributed by atoms with E-state index in [2.05, 4.69) is 41.6 Å². The van der Waals surface area contributed by atoms with Crippen molar-refractivity contribution in [3.63, 3.8) is 0 Å². The van der Waals surface area contributed by atoms with Gasteiger partial charge in [-0.1, -0.05) is 0 Å². The summed E-state index contributed by atoms with van der Waals surface area (Å²) in [6, 6.07) is 6.16. The van der Waals surface area contributed by atoms with Gasteiger partial charge in [0.15, 0.2) is 0 Å². The van der Waals surface area contributed by atoms with Crippen molar-refractivity contribution in [3.8, 4) is 5.88 Å². The third kappa shape index (κ3) is 3.66. The number of nitrogens with two attached hydrogens (primary N) is 1. The first-order valence-electron chi connectivity index (χ1n) is 5.61. The molecule has 1 heterocycles. The lowest BCUT2D eigenvalue weighted by molar-refractivity contribution is 0.398. The number of methoxy groups -OCH3 is 1. The molecular formula is C12H11Br2N3O3S. The van der Waals surface area contributed by atoms with Gasteiger partial charge in [-0.05, 0) is 50.1 Å². The molecule has 0 bridgehead atoms. The first kappa shape index (κ1) is 16.1. The smallest absolute Gasteiger partial charge is 0.264 e. The fourth-order valence-corrected chi connectivity index (χ4v) is 5.27. The Morgan fingerprint density at radius 1 is 1.24 bits per heavy atom. The van der Waals surface area contributed by atoms with Gasteiger partial charge in [-0.15, -0.1) is 0 Å². The molecule has 0 saturated carbocycles. The quantitative estimate of drug-likeness (QED) is 0.718. The van der Waals surface area contributed by atoms with Crippen molar-refractivity contribution >= 4 is 53.3 Å². The predicted octanol–water partition coefficient (Wildman–Crippen LogP) is 3.00. The minimum atomic E-state index is -3.79. The summed E-state index contributed by atoms with van der Waals surface area (Å²) in [5, 5.41) is 0. The fourth-order valence-electron chi connectivity index (χ4n) is 1.60. The van der Waals surface area contributed by atoms with Crippen molar-refractivity contribution in [2.24, 2.45) is 0 Å². The number of anilines is 2. The number of halogens is 2. The maximum Gasteiger partial charge on any atom is 0.264 e. The van der Waals surface area contributed by atoms with Crippen LogP contribution in [0.1, 0.15) is 0 Å². The number of aromatic nitrogens is 1. The SMILES string of the molecule is COc1ccc(NS(=O)(=O)c2c(Br)cc(N)cc2Br)cn1. The van der Waals surface area contributed by atoms with E-state index < -0.39 is 10.0 Å². The van der Waals surface area contributed by atoms with Gasteiger partial charge in [0.25, 0.3) is 10.0 Å². The zero-order valence-corrected chi connectivity index (χ0v) is 14.8. The third-order valence-electron chi connectivity index (χ3n) is 2.49. The van der Waals surface area contributed by atoms with Gasteiger partial charge in [-0.3, -0.25) is 4.72 Å². The van der Waals surface area contributed by atoms with Crippen LogP contribution in [0.25, 0.3) is 0 Å². The summed E-state index contributed by atoms with van der Waals surface area (Å²) in [4.78, 5) is 4.00. The lowest BCUT2D eigenvalue weighted by atomic mass is 10.3. The zero-order valence-electron chi connectivity index (χ0n) is 10.8. The van der Waals surface area contributed by atoms with Crippen molar-refractivity contribution in [3.05, 3.63) is 39.4 Å². The second-order valence-corrected chi connectivity index (χ2v) is 7.34. The van der Waals surface area contributed by atoms with Crippen molar-refractivity contribution in [2.75, 3.05) is 17.6 Å². The fraction of sp³-hybridized carbons (Fsp3) is 0.0833. The number of rotatable bonds is 4. The molecule has 0 unspecified atom stereocenters. The topological polar surface area (TPSA) is 94.3 Å². The molecule has 0 aliphatic carbocycles. The number of nitrogen functional groups attached to an aromatic ring is 1. The number of nitrogens with one attached hydrogen (secondary N) is 1. The summed E-state index contributed by atoms with van der Waals surface area (Å²) >= 11 is 6.41. The van der Waals surface area contributed by atoms with Crippen molar-refractivity contribution in [1.29, 1.82) is 0 Å². The van der Waals surface area contributed by atoms with Gasteiger partial charge in [0.2, 0.25) is 5.88 Å². The van der Waals surface area contributed by atoms with E-state index in [1.165, 1.54) is 25.4 Å². The monoisotopic (exact) mass is 435 g/mol. The number of hydrogen-bond donors (Lipinski definition) is 2. The molecule has 1 aromatic carbocycles. The van der Waals surface area contributed by atoms with E-state index in [9.17, 15) is 8.42 Å². The molecule has 21 heavy (non-hydrogen) atoms.